The van der Waals surface area contributed by atoms with E-state index in [4.69, 9.17) is 4.74 Å². The van der Waals surface area contributed by atoms with Gasteiger partial charge in [0.1, 0.15) is 5.75 Å². The van der Waals surface area contributed by atoms with E-state index in [-0.39, 0.29) is 0 Å². The molecule has 0 bridgehead atoms. The summed E-state index contributed by atoms with van der Waals surface area (Å²) in [7, 11) is 0. The monoisotopic (exact) mass is 222 g/mol. The molecule has 0 spiro atoms. The van der Waals surface area contributed by atoms with Gasteiger partial charge >= 0.3 is 0 Å². The van der Waals surface area contributed by atoms with Crippen molar-refractivity contribution >= 4 is 0 Å². The van der Waals surface area contributed by atoms with Gasteiger partial charge in [0.25, 0.3) is 0 Å². The summed E-state index contributed by atoms with van der Waals surface area (Å²) in [5.41, 5.74) is 3.18. The first-order valence-corrected chi connectivity index (χ1v) is 6.02. The molecular formula is C14H22O2. The van der Waals surface area contributed by atoms with Crippen LogP contribution in [-0.4, -0.2) is 18.3 Å². The van der Waals surface area contributed by atoms with E-state index in [1.165, 1.54) is 5.56 Å². The van der Waals surface area contributed by atoms with Crippen LogP contribution >= 0.6 is 0 Å². The van der Waals surface area contributed by atoms with Crippen molar-refractivity contribution in [3.8, 4) is 5.75 Å². The molecule has 1 aromatic rings. The van der Waals surface area contributed by atoms with Crippen molar-refractivity contribution in [2.75, 3.05) is 13.2 Å². The fourth-order valence-electron chi connectivity index (χ4n) is 1.76. The van der Waals surface area contributed by atoms with Crippen LogP contribution in [0.4, 0.5) is 0 Å². The molecule has 2 nitrogen and oxygen atoms in total. The summed E-state index contributed by atoms with van der Waals surface area (Å²) < 4.78 is 5.44. The molecule has 1 aromatic carbocycles. The van der Waals surface area contributed by atoms with Gasteiger partial charge in [0.2, 0.25) is 0 Å². The molecule has 90 valence electrons. The van der Waals surface area contributed by atoms with Gasteiger partial charge in [-0.15, -0.1) is 0 Å². The smallest absolute Gasteiger partial charge is 0.121 e. The molecule has 1 rings (SSSR count). The lowest BCUT2D eigenvalue weighted by molar-refractivity contribution is 0.132. The number of hydrogen-bond acceptors (Lipinski definition) is 2. The molecule has 0 saturated heterocycles. The van der Waals surface area contributed by atoms with Gasteiger partial charge in [-0.2, -0.15) is 0 Å². The number of rotatable bonds is 6. The van der Waals surface area contributed by atoms with Gasteiger partial charge in [-0.25, -0.2) is 0 Å². The number of phenols is 1. The maximum absolute atomic E-state index is 9.80. The third-order valence-electron chi connectivity index (χ3n) is 2.83. The van der Waals surface area contributed by atoms with E-state index in [0.29, 0.717) is 5.75 Å². The number of ether oxygens (including phenoxy) is 1. The second-order valence-electron chi connectivity index (χ2n) is 4.23. The van der Waals surface area contributed by atoms with Crippen LogP contribution in [0.1, 0.15) is 36.5 Å². The van der Waals surface area contributed by atoms with Gasteiger partial charge in [0, 0.05) is 13.2 Å². The fraction of sp³-hybridized carbons (Fsp3) is 0.571. The van der Waals surface area contributed by atoms with E-state index in [1.807, 2.05) is 19.9 Å². The standard InChI is InChI=1S/C14H22O2/c1-4-9-16-10-5-6-13-8-7-11(2)14(15)12(13)3/h7-8,15H,4-6,9-10H2,1-3H3. The average Bonchev–Trinajstić information content (AvgIpc) is 2.28. The molecule has 0 atom stereocenters. The van der Waals surface area contributed by atoms with Gasteiger partial charge < -0.3 is 9.84 Å². The highest BCUT2D eigenvalue weighted by Crippen LogP contribution is 2.25. The Labute approximate surface area is 98.3 Å². The summed E-state index contributed by atoms with van der Waals surface area (Å²) >= 11 is 0. The molecule has 0 aromatic heterocycles. The van der Waals surface area contributed by atoms with E-state index >= 15 is 0 Å². The minimum Gasteiger partial charge on any atom is -0.507 e. The van der Waals surface area contributed by atoms with Crippen LogP contribution in [0.3, 0.4) is 0 Å². The minimum absolute atomic E-state index is 0.437. The number of phenolic OH excluding ortho intramolecular Hbond substituents is 1. The zero-order valence-corrected chi connectivity index (χ0v) is 10.5. The zero-order chi connectivity index (χ0) is 12.0. The lowest BCUT2D eigenvalue weighted by atomic mass is 10.0. The first kappa shape index (κ1) is 13.0. The quantitative estimate of drug-likeness (QED) is 0.748. The van der Waals surface area contributed by atoms with Gasteiger partial charge in [-0.1, -0.05) is 19.1 Å². The van der Waals surface area contributed by atoms with Crippen LogP contribution in [0, 0.1) is 13.8 Å². The lowest BCUT2D eigenvalue weighted by Crippen LogP contribution is -1.99. The summed E-state index contributed by atoms with van der Waals surface area (Å²) in [5.74, 6) is 0.437. The second kappa shape index (κ2) is 6.54. The summed E-state index contributed by atoms with van der Waals surface area (Å²) in [6.07, 6.45) is 3.07. The predicted octanol–water partition coefficient (Wildman–Crippen LogP) is 3.37. The van der Waals surface area contributed by atoms with Crippen LogP contribution < -0.4 is 0 Å². The molecule has 0 heterocycles. The summed E-state index contributed by atoms with van der Waals surface area (Å²) in [6.45, 7) is 7.67. The highest BCUT2D eigenvalue weighted by atomic mass is 16.5. The molecule has 0 aliphatic rings. The van der Waals surface area contributed by atoms with Crippen molar-refractivity contribution in [3.63, 3.8) is 0 Å². The average molecular weight is 222 g/mol. The molecule has 0 fully saturated rings. The Hall–Kier alpha value is -1.02. The van der Waals surface area contributed by atoms with Crippen molar-refractivity contribution in [2.45, 2.75) is 40.0 Å². The molecule has 1 N–H and O–H groups in total. The topological polar surface area (TPSA) is 29.5 Å². The third kappa shape index (κ3) is 3.53. The molecule has 0 amide bonds. The van der Waals surface area contributed by atoms with Crippen molar-refractivity contribution in [1.29, 1.82) is 0 Å². The second-order valence-corrected chi connectivity index (χ2v) is 4.23. The normalized spacial score (nSPS) is 10.7. The van der Waals surface area contributed by atoms with Crippen molar-refractivity contribution in [1.82, 2.24) is 0 Å². The SMILES string of the molecule is CCCOCCCc1ccc(C)c(O)c1C. The van der Waals surface area contributed by atoms with Gasteiger partial charge in [-0.3, -0.25) is 0 Å². The van der Waals surface area contributed by atoms with E-state index in [1.54, 1.807) is 0 Å². The van der Waals surface area contributed by atoms with Crippen LogP contribution in [0.25, 0.3) is 0 Å². The molecule has 2 heteroatoms. The molecule has 0 aliphatic carbocycles. The molecule has 0 aliphatic heterocycles. The molecular weight excluding hydrogens is 200 g/mol. The summed E-state index contributed by atoms with van der Waals surface area (Å²) in [5, 5.41) is 9.80. The van der Waals surface area contributed by atoms with Gasteiger partial charge in [0.15, 0.2) is 0 Å². The largest absolute Gasteiger partial charge is 0.507 e. The van der Waals surface area contributed by atoms with Crippen LogP contribution in [0.15, 0.2) is 12.1 Å². The summed E-state index contributed by atoms with van der Waals surface area (Å²) in [6, 6.07) is 4.08. The van der Waals surface area contributed by atoms with E-state index in [2.05, 4.69) is 13.0 Å². The molecule has 16 heavy (non-hydrogen) atoms. The Morgan fingerprint density at radius 2 is 1.94 bits per heavy atom. The van der Waals surface area contributed by atoms with Crippen molar-refractivity contribution < 1.29 is 9.84 Å². The first-order chi connectivity index (χ1) is 7.66. The molecule has 0 saturated carbocycles. The fourth-order valence-corrected chi connectivity index (χ4v) is 1.76. The number of benzene rings is 1. The first-order valence-electron chi connectivity index (χ1n) is 6.02. The Morgan fingerprint density at radius 1 is 1.19 bits per heavy atom. The van der Waals surface area contributed by atoms with Crippen LogP contribution in [0.2, 0.25) is 0 Å². The van der Waals surface area contributed by atoms with Gasteiger partial charge in [-0.05, 0) is 49.8 Å². The maximum Gasteiger partial charge on any atom is 0.121 e. The zero-order valence-electron chi connectivity index (χ0n) is 10.5. The predicted molar refractivity (Wildman–Crippen MR) is 67.0 cm³/mol. The van der Waals surface area contributed by atoms with Crippen LogP contribution in [0.5, 0.6) is 5.75 Å². The van der Waals surface area contributed by atoms with E-state index in [0.717, 1.165) is 43.6 Å². The Morgan fingerprint density at radius 3 is 2.62 bits per heavy atom. The van der Waals surface area contributed by atoms with Crippen molar-refractivity contribution in [3.05, 3.63) is 28.8 Å². The minimum atomic E-state index is 0.437. The highest BCUT2D eigenvalue weighted by molar-refractivity contribution is 5.43. The third-order valence-corrected chi connectivity index (χ3v) is 2.83. The van der Waals surface area contributed by atoms with Crippen molar-refractivity contribution in [2.24, 2.45) is 0 Å². The molecule has 0 radical (unpaired) electrons. The number of hydrogen-bond donors (Lipinski definition) is 1. The Bertz CT molecular complexity index is 332. The Balaban J connectivity index is 2.45. The lowest BCUT2D eigenvalue weighted by Gasteiger charge is -2.09. The number of aryl methyl sites for hydroxylation is 2. The van der Waals surface area contributed by atoms with Crippen LogP contribution in [-0.2, 0) is 11.2 Å². The number of aromatic hydroxyl groups is 1. The van der Waals surface area contributed by atoms with E-state index in [9.17, 15) is 5.11 Å². The summed E-state index contributed by atoms with van der Waals surface area (Å²) in [4.78, 5) is 0. The molecule has 0 unspecified atom stereocenters. The van der Waals surface area contributed by atoms with Gasteiger partial charge in [0.05, 0.1) is 0 Å². The van der Waals surface area contributed by atoms with E-state index < -0.39 is 0 Å². The maximum atomic E-state index is 9.80. The Kier molecular flexibility index (Phi) is 5.33. The highest BCUT2D eigenvalue weighted by Gasteiger charge is 2.05.